The molecular weight excluding hydrogens is 384 g/mol. The fraction of sp³-hybridized carbons (Fsp3) is 0.273. The van der Waals surface area contributed by atoms with Crippen LogP contribution in [0, 0.1) is 20.8 Å². The predicted octanol–water partition coefficient (Wildman–Crippen LogP) is 4.00. The number of aromatic nitrogens is 4. The van der Waals surface area contributed by atoms with Gasteiger partial charge in [0.25, 0.3) is 5.56 Å². The van der Waals surface area contributed by atoms with E-state index in [-0.39, 0.29) is 11.3 Å². The first kappa shape index (κ1) is 19.4. The van der Waals surface area contributed by atoms with Gasteiger partial charge in [0.05, 0.1) is 10.9 Å². The lowest BCUT2D eigenvalue weighted by atomic mass is 9.92. The summed E-state index contributed by atoms with van der Waals surface area (Å²) in [4.78, 5) is 24.7. The van der Waals surface area contributed by atoms with Crippen molar-refractivity contribution in [1.29, 1.82) is 0 Å². The Morgan fingerprint density at radius 1 is 1.10 bits per heavy atom. The van der Waals surface area contributed by atoms with Gasteiger partial charge in [0.2, 0.25) is 5.78 Å². The molecule has 0 aliphatic carbocycles. The van der Waals surface area contributed by atoms with Gasteiger partial charge >= 0.3 is 0 Å². The van der Waals surface area contributed by atoms with E-state index in [0.717, 1.165) is 38.5 Å². The van der Waals surface area contributed by atoms with E-state index in [4.69, 9.17) is 0 Å². The van der Waals surface area contributed by atoms with Crippen LogP contribution in [0.3, 0.4) is 0 Å². The highest BCUT2D eigenvalue weighted by Gasteiger charge is 2.18. The maximum absolute atomic E-state index is 12.6. The van der Waals surface area contributed by atoms with Crippen molar-refractivity contribution in [1.82, 2.24) is 19.2 Å². The van der Waals surface area contributed by atoms with Crippen LogP contribution in [0.1, 0.15) is 39.5 Å². The number of para-hydroxylation sites is 1. The van der Waals surface area contributed by atoms with Crippen molar-refractivity contribution < 1.29 is 4.79 Å². The van der Waals surface area contributed by atoms with E-state index < -0.39 is 0 Å². The molecule has 0 amide bonds. The minimum atomic E-state index is -0.0895. The van der Waals surface area contributed by atoms with E-state index in [1.807, 2.05) is 42.5 Å². The number of hydrogen-bond donors (Lipinski definition) is 0. The van der Waals surface area contributed by atoms with Gasteiger partial charge in [0, 0.05) is 18.4 Å². The molecule has 29 heavy (non-hydrogen) atoms. The third kappa shape index (κ3) is 3.06. The number of benzene rings is 2. The van der Waals surface area contributed by atoms with Gasteiger partial charge in [-0.15, -0.1) is 10.2 Å². The fourth-order valence-corrected chi connectivity index (χ4v) is 5.16. The summed E-state index contributed by atoms with van der Waals surface area (Å²) >= 11 is 1.56. The van der Waals surface area contributed by atoms with Gasteiger partial charge in [-0.2, -0.15) is 0 Å². The number of aryl methyl sites for hydroxylation is 3. The van der Waals surface area contributed by atoms with Gasteiger partial charge < -0.3 is 0 Å². The maximum Gasteiger partial charge on any atom is 0.262 e. The molecule has 0 N–H and O–H groups in total. The van der Waals surface area contributed by atoms with Crippen LogP contribution in [0.2, 0.25) is 0 Å². The third-order valence-corrected chi connectivity index (χ3v) is 6.38. The highest BCUT2D eigenvalue weighted by atomic mass is 32.2. The summed E-state index contributed by atoms with van der Waals surface area (Å²) in [6, 6.07) is 9.56. The Morgan fingerprint density at radius 3 is 2.55 bits per heavy atom. The molecular formula is C22H22N4O2S. The summed E-state index contributed by atoms with van der Waals surface area (Å²) in [7, 11) is 1.71. The Hall–Kier alpha value is -2.93. The molecule has 4 aromatic rings. The highest BCUT2D eigenvalue weighted by Crippen LogP contribution is 2.30. The van der Waals surface area contributed by atoms with E-state index in [1.54, 1.807) is 25.7 Å². The van der Waals surface area contributed by atoms with Crippen molar-refractivity contribution >= 4 is 34.2 Å². The molecule has 0 saturated heterocycles. The van der Waals surface area contributed by atoms with Gasteiger partial charge in [0.15, 0.2) is 10.9 Å². The van der Waals surface area contributed by atoms with Crippen LogP contribution in [0.4, 0.5) is 0 Å². The quantitative estimate of drug-likeness (QED) is 0.378. The Labute approximate surface area is 172 Å². The number of hydrogen-bond acceptors (Lipinski definition) is 5. The summed E-state index contributed by atoms with van der Waals surface area (Å²) < 4.78 is 3.45. The molecule has 0 radical (unpaired) electrons. The molecule has 0 spiro atoms. The van der Waals surface area contributed by atoms with Crippen molar-refractivity contribution in [3.8, 4) is 0 Å². The third-order valence-electron chi connectivity index (χ3n) is 5.42. The second-order valence-electron chi connectivity index (χ2n) is 7.33. The van der Waals surface area contributed by atoms with E-state index in [2.05, 4.69) is 23.2 Å². The molecule has 0 fully saturated rings. The highest BCUT2D eigenvalue weighted by molar-refractivity contribution is 7.98. The Bertz CT molecular complexity index is 1350. The summed E-state index contributed by atoms with van der Waals surface area (Å²) in [5.74, 6) is 1.26. The van der Waals surface area contributed by atoms with Gasteiger partial charge in [-0.1, -0.05) is 30.0 Å². The van der Waals surface area contributed by atoms with Crippen LogP contribution in [0.15, 0.2) is 40.3 Å². The van der Waals surface area contributed by atoms with Crippen LogP contribution in [-0.2, 0) is 12.8 Å². The smallest absolute Gasteiger partial charge is 0.262 e. The Morgan fingerprint density at radius 2 is 1.83 bits per heavy atom. The molecule has 0 unspecified atom stereocenters. The van der Waals surface area contributed by atoms with Gasteiger partial charge in [-0.3, -0.25) is 18.6 Å². The topological polar surface area (TPSA) is 69.3 Å². The number of fused-ring (bicyclic) bond motifs is 3. The van der Waals surface area contributed by atoms with E-state index in [1.165, 1.54) is 4.57 Å². The van der Waals surface area contributed by atoms with Crippen LogP contribution in [-0.4, -0.2) is 24.9 Å². The molecule has 2 aromatic carbocycles. The van der Waals surface area contributed by atoms with E-state index >= 15 is 0 Å². The average molecular weight is 407 g/mol. The molecule has 0 atom stereocenters. The molecule has 0 bridgehead atoms. The van der Waals surface area contributed by atoms with Crippen LogP contribution < -0.4 is 5.56 Å². The lowest BCUT2D eigenvalue weighted by Gasteiger charge is -2.15. The maximum atomic E-state index is 12.6. The number of rotatable bonds is 4. The lowest BCUT2D eigenvalue weighted by molar-refractivity contribution is 0.101. The SMILES string of the molecule is CC(=O)c1c(C)cc(C)c(CSc2nnc3n(C)c(=O)c4ccccc4n23)c1C. The molecule has 4 rings (SSSR count). The van der Waals surface area contributed by atoms with Crippen molar-refractivity contribution in [3.05, 3.63) is 68.5 Å². The number of carbonyl (C=O) groups excluding carboxylic acids is 1. The van der Waals surface area contributed by atoms with Gasteiger partial charge in [-0.05, 0) is 62.1 Å². The summed E-state index contributed by atoms with van der Waals surface area (Å²) in [6.07, 6.45) is 0. The molecule has 6 nitrogen and oxygen atoms in total. The van der Waals surface area contributed by atoms with Crippen LogP contribution >= 0.6 is 11.8 Å². The lowest BCUT2D eigenvalue weighted by Crippen LogP contribution is -2.20. The monoisotopic (exact) mass is 406 g/mol. The summed E-state index contributed by atoms with van der Waals surface area (Å²) in [5, 5.41) is 9.94. The zero-order valence-corrected chi connectivity index (χ0v) is 17.9. The predicted molar refractivity (Wildman–Crippen MR) is 116 cm³/mol. The van der Waals surface area contributed by atoms with Crippen molar-refractivity contribution in [3.63, 3.8) is 0 Å². The normalized spacial score (nSPS) is 11.5. The van der Waals surface area contributed by atoms with E-state index in [9.17, 15) is 9.59 Å². The van der Waals surface area contributed by atoms with E-state index in [0.29, 0.717) is 16.9 Å². The molecule has 0 saturated carbocycles. The number of ketones is 1. The summed E-state index contributed by atoms with van der Waals surface area (Å²) in [6.45, 7) is 7.67. The molecule has 7 heteroatoms. The number of thioether (sulfide) groups is 1. The van der Waals surface area contributed by atoms with Crippen LogP contribution in [0.5, 0.6) is 0 Å². The molecule has 2 aromatic heterocycles. The molecule has 148 valence electrons. The fourth-order valence-electron chi connectivity index (χ4n) is 4.03. The first-order valence-electron chi connectivity index (χ1n) is 9.37. The number of nitrogens with zero attached hydrogens (tertiary/aromatic N) is 4. The molecule has 0 aliphatic rings. The average Bonchev–Trinajstić information content (AvgIpc) is 3.09. The second-order valence-corrected chi connectivity index (χ2v) is 8.28. The number of Topliss-reactive ketones (excluding diaryl/α,β-unsaturated/α-hetero) is 1. The molecule has 0 aliphatic heterocycles. The van der Waals surface area contributed by atoms with Crippen molar-refractivity contribution in [2.24, 2.45) is 7.05 Å². The van der Waals surface area contributed by atoms with Crippen LogP contribution in [0.25, 0.3) is 16.7 Å². The van der Waals surface area contributed by atoms with Gasteiger partial charge in [-0.25, -0.2) is 0 Å². The standard InChI is InChI=1S/C22H22N4O2S/c1-12-10-13(2)19(15(4)27)14(3)17(12)11-29-22-24-23-21-25(5)20(28)16-8-6-7-9-18(16)26(21)22/h6-10H,11H2,1-5H3. The molecule has 2 heterocycles. The Balaban J connectivity index is 1.83. The second kappa shape index (κ2) is 7.15. The largest absolute Gasteiger partial charge is 0.294 e. The summed E-state index contributed by atoms with van der Waals surface area (Å²) in [5.41, 5.74) is 5.82. The Kier molecular flexibility index (Phi) is 4.78. The number of carbonyl (C=O) groups is 1. The zero-order valence-electron chi connectivity index (χ0n) is 17.1. The first-order chi connectivity index (χ1) is 13.8. The zero-order chi connectivity index (χ0) is 20.9. The van der Waals surface area contributed by atoms with Gasteiger partial charge in [0.1, 0.15) is 0 Å². The minimum absolute atomic E-state index is 0.0835. The van der Waals surface area contributed by atoms with Crippen molar-refractivity contribution in [2.75, 3.05) is 0 Å². The first-order valence-corrected chi connectivity index (χ1v) is 10.4. The minimum Gasteiger partial charge on any atom is -0.294 e. The van der Waals surface area contributed by atoms with Crippen molar-refractivity contribution in [2.45, 2.75) is 38.6 Å².